The minimum atomic E-state index is -1.12. The predicted octanol–water partition coefficient (Wildman–Crippen LogP) is 6.92. The molecule has 2 aromatic rings. The Morgan fingerprint density at radius 1 is 0.718 bits per heavy atom. The first kappa shape index (κ1) is 27.4. The van der Waals surface area contributed by atoms with E-state index in [1.165, 1.54) is 0 Å². The van der Waals surface area contributed by atoms with E-state index < -0.39 is 23.8 Å². The van der Waals surface area contributed by atoms with E-state index in [1.54, 1.807) is 6.08 Å². The number of hydrogen-bond acceptors (Lipinski definition) is 5. The maximum atomic E-state index is 13.9. The number of esters is 2. The van der Waals surface area contributed by atoms with Crippen LogP contribution in [0.2, 0.25) is 0 Å². The van der Waals surface area contributed by atoms with Crippen LogP contribution >= 0.6 is 0 Å². The summed E-state index contributed by atoms with van der Waals surface area (Å²) in [6, 6.07) is 20.4. The molecule has 3 aliphatic rings. The van der Waals surface area contributed by atoms with Gasteiger partial charge in [0.1, 0.15) is 12.2 Å². The molecule has 0 spiro atoms. The molecule has 5 heteroatoms. The summed E-state index contributed by atoms with van der Waals surface area (Å²) >= 11 is 0. The predicted molar refractivity (Wildman–Crippen MR) is 150 cm³/mol. The highest BCUT2D eigenvalue weighted by molar-refractivity contribution is 5.98. The van der Waals surface area contributed by atoms with Gasteiger partial charge in [-0.2, -0.15) is 0 Å². The van der Waals surface area contributed by atoms with Gasteiger partial charge in [0.25, 0.3) is 0 Å². The highest BCUT2D eigenvalue weighted by Gasteiger charge is 2.45. The smallest absolute Gasteiger partial charge is 0.320 e. The second-order valence-electron chi connectivity index (χ2n) is 11.6. The van der Waals surface area contributed by atoms with Gasteiger partial charge in [0.15, 0.2) is 11.7 Å². The summed E-state index contributed by atoms with van der Waals surface area (Å²) in [5.41, 5.74) is 2.32. The molecule has 0 radical (unpaired) electrons. The summed E-state index contributed by atoms with van der Waals surface area (Å²) in [5, 5.41) is 0. The Kier molecular flexibility index (Phi) is 8.95. The second kappa shape index (κ2) is 12.8. The van der Waals surface area contributed by atoms with Crippen LogP contribution < -0.4 is 0 Å². The lowest BCUT2D eigenvalue weighted by molar-refractivity contribution is -0.174. The van der Waals surface area contributed by atoms with Crippen LogP contribution in [0.15, 0.2) is 72.8 Å². The molecule has 0 aromatic heterocycles. The van der Waals surface area contributed by atoms with Gasteiger partial charge in [0.05, 0.1) is 0 Å². The number of rotatable bonds is 7. The summed E-state index contributed by atoms with van der Waals surface area (Å²) < 4.78 is 12.4. The van der Waals surface area contributed by atoms with Gasteiger partial charge in [-0.1, -0.05) is 86.5 Å². The van der Waals surface area contributed by atoms with Gasteiger partial charge in [-0.25, -0.2) is 0 Å². The average molecular weight is 529 g/mol. The van der Waals surface area contributed by atoms with Crippen molar-refractivity contribution in [2.75, 3.05) is 0 Å². The van der Waals surface area contributed by atoms with E-state index >= 15 is 0 Å². The van der Waals surface area contributed by atoms with Crippen molar-refractivity contribution in [3.63, 3.8) is 0 Å². The van der Waals surface area contributed by atoms with Crippen LogP contribution in [0.5, 0.6) is 0 Å². The van der Waals surface area contributed by atoms with Crippen molar-refractivity contribution in [2.24, 2.45) is 17.8 Å². The fourth-order valence-electron chi connectivity index (χ4n) is 6.84. The summed E-state index contributed by atoms with van der Waals surface area (Å²) in [6.45, 7) is 1.96. The molecule has 6 atom stereocenters. The summed E-state index contributed by atoms with van der Waals surface area (Å²) in [7, 11) is 0. The van der Waals surface area contributed by atoms with E-state index in [-0.39, 0.29) is 42.2 Å². The fourth-order valence-corrected chi connectivity index (χ4v) is 6.84. The molecule has 0 heterocycles. The monoisotopic (exact) mass is 528 g/mol. The third-order valence-electron chi connectivity index (χ3n) is 9.03. The highest BCUT2D eigenvalue weighted by atomic mass is 16.6. The van der Waals surface area contributed by atoms with Crippen molar-refractivity contribution >= 4 is 17.7 Å². The molecular formula is C34H40O5. The van der Waals surface area contributed by atoms with Crippen LogP contribution in [-0.4, -0.2) is 29.9 Å². The van der Waals surface area contributed by atoms with Crippen LogP contribution in [0.3, 0.4) is 0 Å². The van der Waals surface area contributed by atoms with Crippen molar-refractivity contribution in [1.29, 1.82) is 0 Å². The molecule has 2 saturated carbocycles. The fraction of sp³-hybridized carbons (Fsp3) is 0.500. The Bertz CT molecular complexity index is 1080. The Morgan fingerprint density at radius 3 is 1.67 bits per heavy atom. The van der Waals surface area contributed by atoms with Gasteiger partial charge in [-0.3, -0.25) is 14.4 Å². The first-order chi connectivity index (χ1) is 19.0. The van der Waals surface area contributed by atoms with E-state index in [9.17, 15) is 14.4 Å². The van der Waals surface area contributed by atoms with E-state index in [0.717, 1.165) is 62.5 Å². The molecule has 0 saturated heterocycles. The number of benzene rings is 2. The Morgan fingerprint density at radius 2 is 1.18 bits per heavy atom. The zero-order chi connectivity index (χ0) is 27.2. The molecule has 5 rings (SSSR count). The molecule has 206 valence electrons. The van der Waals surface area contributed by atoms with Crippen molar-refractivity contribution in [2.45, 2.75) is 88.8 Å². The van der Waals surface area contributed by atoms with E-state index in [0.29, 0.717) is 0 Å². The maximum absolute atomic E-state index is 13.9. The minimum absolute atomic E-state index is 0.0663. The number of hydrogen-bond donors (Lipinski definition) is 0. The first-order valence-electron chi connectivity index (χ1n) is 14.7. The molecule has 0 amide bonds. The van der Waals surface area contributed by atoms with Crippen molar-refractivity contribution in [3.8, 4) is 0 Å². The average Bonchev–Trinajstić information content (AvgIpc) is 2.96. The van der Waals surface area contributed by atoms with Gasteiger partial charge in [0.2, 0.25) is 0 Å². The van der Waals surface area contributed by atoms with Crippen LogP contribution in [-0.2, 0) is 23.9 Å². The lowest BCUT2D eigenvalue weighted by Gasteiger charge is -2.36. The molecule has 5 nitrogen and oxygen atoms in total. The van der Waals surface area contributed by atoms with Crippen LogP contribution in [0, 0.1) is 17.8 Å². The number of carbonyl (C=O) groups excluding carboxylic acids is 3. The summed E-state index contributed by atoms with van der Waals surface area (Å²) in [5.74, 6) is -2.65. The Labute approximate surface area is 232 Å². The number of carbonyl (C=O) groups is 3. The largest absolute Gasteiger partial charge is 0.461 e. The molecule has 3 aliphatic carbocycles. The Hall–Kier alpha value is -3.21. The van der Waals surface area contributed by atoms with Gasteiger partial charge in [0, 0.05) is 18.3 Å². The zero-order valence-corrected chi connectivity index (χ0v) is 22.9. The molecule has 39 heavy (non-hydrogen) atoms. The van der Waals surface area contributed by atoms with Crippen molar-refractivity contribution in [1.82, 2.24) is 0 Å². The molecule has 2 fully saturated rings. The summed E-state index contributed by atoms with van der Waals surface area (Å²) in [4.78, 5) is 40.3. The lowest BCUT2D eigenvalue weighted by atomic mass is 9.75. The maximum Gasteiger partial charge on any atom is 0.320 e. The number of ether oxygens (including phenoxy) is 2. The zero-order valence-electron chi connectivity index (χ0n) is 22.9. The van der Waals surface area contributed by atoms with Gasteiger partial charge < -0.3 is 9.47 Å². The van der Waals surface area contributed by atoms with Gasteiger partial charge >= 0.3 is 11.9 Å². The number of ketones is 1. The van der Waals surface area contributed by atoms with Gasteiger partial charge in [-0.05, 0) is 67.6 Å². The van der Waals surface area contributed by atoms with E-state index in [2.05, 4.69) is 24.3 Å². The van der Waals surface area contributed by atoms with Crippen LogP contribution in [0.4, 0.5) is 0 Å². The first-order valence-corrected chi connectivity index (χ1v) is 14.7. The SMILES string of the molecule is CC1C=CC(=O)CC1C(C(=O)O[C@H]1CCCC[C@@H]1c1ccccc1)C(=O)O[C@H]1CCCC[C@@H]1c1ccccc1. The van der Waals surface area contributed by atoms with Crippen LogP contribution in [0.1, 0.15) is 87.7 Å². The topological polar surface area (TPSA) is 69.7 Å². The van der Waals surface area contributed by atoms with Crippen molar-refractivity contribution in [3.05, 3.63) is 83.9 Å². The molecular weight excluding hydrogens is 488 g/mol. The summed E-state index contributed by atoms with van der Waals surface area (Å²) in [6.07, 6.45) is 10.5. The molecule has 0 N–H and O–H groups in total. The number of allylic oxidation sites excluding steroid dienone is 2. The van der Waals surface area contributed by atoms with Crippen LogP contribution in [0.25, 0.3) is 0 Å². The van der Waals surface area contributed by atoms with E-state index in [4.69, 9.17) is 9.47 Å². The second-order valence-corrected chi connectivity index (χ2v) is 11.6. The molecule has 2 aromatic carbocycles. The molecule has 0 aliphatic heterocycles. The standard InChI is InChI=1S/C34H40O5/c1-23-20-21-26(35)22-29(23)32(33(36)38-30-18-10-8-16-27(30)24-12-4-2-5-13-24)34(37)39-31-19-11-9-17-28(31)25-14-6-3-7-15-25/h2-7,12-15,20-21,23,27-32H,8-11,16-19,22H2,1H3/t23?,27-,28-,29?,30+,31+/m1/s1. The van der Waals surface area contributed by atoms with Crippen molar-refractivity contribution < 1.29 is 23.9 Å². The highest BCUT2D eigenvalue weighted by Crippen LogP contribution is 2.39. The third-order valence-corrected chi connectivity index (χ3v) is 9.03. The normalized spacial score (nSPS) is 29.1. The third kappa shape index (κ3) is 6.51. The van der Waals surface area contributed by atoms with E-state index in [1.807, 2.05) is 49.4 Å². The quantitative estimate of drug-likeness (QED) is 0.288. The molecule has 2 unspecified atom stereocenters. The lowest BCUT2D eigenvalue weighted by Crippen LogP contribution is -2.43. The Balaban J connectivity index is 1.38. The van der Waals surface area contributed by atoms with Gasteiger partial charge in [-0.15, -0.1) is 0 Å². The minimum Gasteiger partial charge on any atom is -0.461 e. The molecule has 0 bridgehead atoms.